The maximum Gasteiger partial charge on any atom is 0.253 e. The number of hydrogen-bond acceptors (Lipinski definition) is 4. The van der Waals surface area contributed by atoms with E-state index < -0.39 is 10.0 Å². The molecule has 0 atom stereocenters. The molecule has 1 aromatic carbocycles. The molecule has 0 aliphatic heterocycles. The van der Waals surface area contributed by atoms with Crippen LogP contribution in [0, 0.1) is 0 Å². The van der Waals surface area contributed by atoms with Crippen molar-refractivity contribution >= 4 is 15.9 Å². The summed E-state index contributed by atoms with van der Waals surface area (Å²) >= 11 is 0. The summed E-state index contributed by atoms with van der Waals surface area (Å²) in [7, 11) is -1.93. The van der Waals surface area contributed by atoms with Gasteiger partial charge in [-0.15, -0.1) is 0 Å². The highest BCUT2D eigenvalue weighted by Gasteiger charge is 2.17. The van der Waals surface area contributed by atoms with E-state index in [4.69, 9.17) is 0 Å². The minimum atomic E-state index is -3.58. The number of sulfonamides is 1. The van der Waals surface area contributed by atoms with E-state index in [2.05, 4.69) is 9.71 Å². The fourth-order valence-electron chi connectivity index (χ4n) is 2.10. The third-order valence-corrected chi connectivity index (χ3v) is 4.74. The molecule has 0 aliphatic rings. The molecule has 1 amide bonds. The first kappa shape index (κ1) is 17.1. The van der Waals surface area contributed by atoms with Gasteiger partial charge in [0.05, 0.1) is 17.1 Å². The molecule has 1 heterocycles. The SMILES string of the molecule is CCNS(=O)(=O)c1cccc(C(=O)N(C)Cc2ccccn2)c1. The number of pyridine rings is 1. The second-order valence-electron chi connectivity index (χ2n) is 5.01. The van der Waals surface area contributed by atoms with Gasteiger partial charge in [-0.3, -0.25) is 9.78 Å². The smallest absolute Gasteiger partial charge is 0.253 e. The molecule has 0 radical (unpaired) electrons. The number of carbonyl (C=O) groups is 1. The maximum absolute atomic E-state index is 12.5. The Hall–Kier alpha value is -2.25. The van der Waals surface area contributed by atoms with E-state index in [1.807, 2.05) is 12.1 Å². The molecule has 0 fully saturated rings. The minimum absolute atomic E-state index is 0.0800. The van der Waals surface area contributed by atoms with Crippen LogP contribution in [0.25, 0.3) is 0 Å². The van der Waals surface area contributed by atoms with E-state index in [-0.39, 0.29) is 10.8 Å². The Morgan fingerprint density at radius 1 is 1.22 bits per heavy atom. The van der Waals surface area contributed by atoms with Gasteiger partial charge in [0, 0.05) is 25.4 Å². The molecular formula is C16H19N3O3S. The summed E-state index contributed by atoms with van der Waals surface area (Å²) in [5, 5.41) is 0. The molecule has 0 saturated heterocycles. The van der Waals surface area contributed by atoms with Crippen molar-refractivity contribution in [1.29, 1.82) is 0 Å². The van der Waals surface area contributed by atoms with Gasteiger partial charge >= 0.3 is 0 Å². The molecule has 2 rings (SSSR count). The molecule has 122 valence electrons. The number of nitrogens with zero attached hydrogens (tertiary/aromatic N) is 2. The van der Waals surface area contributed by atoms with Crippen LogP contribution in [0.5, 0.6) is 0 Å². The molecule has 1 aromatic heterocycles. The average molecular weight is 333 g/mol. The van der Waals surface area contributed by atoms with Crippen LogP contribution >= 0.6 is 0 Å². The van der Waals surface area contributed by atoms with Crippen molar-refractivity contribution in [1.82, 2.24) is 14.6 Å². The van der Waals surface area contributed by atoms with Gasteiger partial charge < -0.3 is 4.90 Å². The number of nitrogens with one attached hydrogen (secondary N) is 1. The van der Waals surface area contributed by atoms with Crippen LogP contribution in [-0.2, 0) is 16.6 Å². The van der Waals surface area contributed by atoms with E-state index in [0.29, 0.717) is 18.7 Å². The van der Waals surface area contributed by atoms with Gasteiger partial charge in [-0.1, -0.05) is 19.1 Å². The zero-order valence-electron chi connectivity index (χ0n) is 13.1. The summed E-state index contributed by atoms with van der Waals surface area (Å²) in [6.07, 6.45) is 1.66. The summed E-state index contributed by atoms with van der Waals surface area (Å²) in [6, 6.07) is 11.5. The fourth-order valence-corrected chi connectivity index (χ4v) is 3.18. The quantitative estimate of drug-likeness (QED) is 0.872. The van der Waals surface area contributed by atoms with Gasteiger partial charge in [-0.05, 0) is 30.3 Å². The highest BCUT2D eigenvalue weighted by molar-refractivity contribution is 7.89. The van der Waals surface area contributed by atoms with Crippen molar-refractivity contribution in [2.24, 2.45) is 0 Å². The van der Waals surface area contributed by atoms with Crippen molar-refractivity contribution in [3.05, 3.63) is 59.9 Å². The van der Waals surface area contributed by atoms with E-state index in [0.717, 1.165) is 5.69 Å². The van der Waals surface area contributed by atoms with Crippen molar-refractivity contribution in [2.45, 2.75) is 18.4 Å². The van der Waals surface area contributed by atoms with E-state index in [9.17, 15) is 13.2 Å². The lowest BCUT2D eigenvalue weighted by Crippen LogP contribution is -2.27. The number of amides is 1. The molecular weight excluding hydrogens is 314 g/mol. The Balaban J connectivity index is 2.19. The highest BCUT2D eigenvalue weighted by Crippen LogP contribution is 2.13. The monoisotopic (exact) mass is 333 g/mol. The van der Waals surface area contributed by atoms with E-state index >= 15 is 0 Å². The van der Waals surface area contributed by atoms with Gasteiger partial charge in [-0.25, -0.2) is 13.1 Å². The zero-order chi connectivity index (χ0) is 16.9. The van der Waals surface area contributed by atoms with Gasteiger partial charge in [0.25, 0.3) is 5.91 Å². The Labute approximate surface area is 136 Å². The molecule has 7 heteroatoms. The second-order valence-corrected chi connectivity index (χ2v) is 6.78. The van der Waals surface area contributed by atoms with Crippen LogP contribution in [-0.4, -0.2) is 37.8 Å². The molecule has 6 nitrogen and oxygen atoms in total. The third kappa shape index (κ3) is 4.37. The molecule has 0 bridgehead atoms. The Bertz CT molecular complexity index is 776. The Kier molecular flexibility index (Phi) is 5.46. The van der Waals surface area contributed by atoms with E-state index in [1.165, 1.54) is 17.0 Å². The number of carbonyl (C=O) groups excluding carboxylic acids is 1. The van der Waals surface area contributed by atoms with Crippen LogP contribution in [0.3, 0.4) is 0 Å². The van der Waals surface area contributed by atoms with Gasteiger partial charge in [0.1, 0.15) is 0 Å². The van der Waals surface area contributed by atoms with Crippen LogP contribution in [0.15, 0.2) is 53.6 Å². The fraction of sp³-hybridized carbons (Fsp3) is 0.250. The molecule has 0 aliphatic carbocycles. The first-order valence-electron chi connectivity index (χ1n) is 7.19. The number of rotatable bonds is 6. The number of aromatic nitrogens is 1. The molecule has 23 heavy (non-hydrogen) atoms. The van der Waals surface area contributed by atoms with Gasteiger partial charge in [0.2, 0.25) is 10.0 Å². The summed E-state index contributed by atoms with van der Waals surface area (Å²) in [6.45, 7) is 2.34. The predicted molar refractivity (Wildman–Crippen MR) is 87.3 cm³/mol. The summed E-state index contributed by atoms with van der Waals surface area (Å²) in [5.41, 5.74) is 1.09. The van der Waals surface area contributed by atoms with Gasteiger partial charge in [0.15, 0.2) is 0 Å². The topological polar surface area (TPSA) is 79.4 Å². The second kappa shape index (κ2) is 7.34. The lowest BCUT2D eigenvalue weighted by Gasteiger charge is -2.17. The summed E-state index contributed by atoms with van der Waals surface area (Å²) in [5.74, 6) is -0.260. The first-order chi connectivity index (χ1) is 10.9. The van der Waals surface area contributed by atoms with Crippen molar-refractivity contribution in [2.75, 3.05) is 13.6 Å². The highest BCUT2D eigenvalue weighted by atomic mass is 32.2. The molecule has 1 N–H and O–H groups in total. The third-order valence-electron chi connectivity index (χ3n) is 3.20. The maximum atomic E-state index is 12.5. The lowest BCUT2D eigenvalue weighted by atomic mass is 10.2. The number of benzene rings is 1. The molecule has 0 saturated carbocycles. The summed E-state index contributed by atoms with van der Waals surface area (Å²) < 4.78 is 26.5. The Morgan fingerprint density at radius 2 is 2.00 bits per heavy atom. The van der Waals surface area contributed by atoms with Gasteiger partial charge in [-0.2, -0.15) is 0 Å². The normalized spacial score (nSPS) is 11.2. The van der Waals surface area contributed by atoms with Crippen LogP contribution in [0.4, 0.5) is 0 Å². The standard InChI is InChI=1S/C16H19N3O3S/c1-3-18-23(21,22)15-9-6-7-13(11-15)16(20)19(2)12-14-8-4-5-10-17-14/h4-11,18H,3,12H2,1-2H3. The van der Waals surface area contributed by atoms with Crippen LogP contribution < -0.4 is 4.72 Å². The lowest BCUT2D eigenvalue weighted by molar-refractivity contribution is 0.0783. The largest absolute Gasteiger partial charge is 0.336 e. The molecule has 2 aromatic rings. The van der Waals surface area contributed by atoms with Crippen LogP contribution in [0.1, 0.15) is 23.0 Å². The zero-order valence-corrected chi connectivity index (χ0v) is 13.9. The first-order valence-corrected chi connectivity index (χ1v) is 8.67. The van der Waals surface area contributed by atoms with Crippen molar-refractivity contribution in [3.63, 3.8) is 0 Å². The Morgan fingerprint density at radius 3 is 2.65 bits per heavy atom. The molecule has 0 spiro atoms. The minimum Gasteiger partial charge on any atom is -0.336 e. The molecule has 0 unspecified atom stereocenters. The average Bonchev–Trinajstić information content (AvgIpc) is 2.55. The van der Waals surface area contributed by atoms with Crippen LogP contribution in [0.2, 0.25) is 0 Å². The van der Waals surface area contributed by atoms with Crippen molar-refractivity contribution < 1.29 is 13.2 Å². The van der Waals surface area contributed by atoms with E-state index in [1.54, 1.807) is 38.4 Å². The summed E-state index contributed by atoms with van der Waals surface area (Å²) in [4.78, 5) is 18.2. The van der Waals surface area contributed by atoms with Crippen molar-refractivity contribution in [3.8, 4) is 0 Å². The number of hydrogen-bond donors (Lipinski definition) is 1. The predicted octanol–water partition coefficient (Wildman–Crippen LogP) is 1.65.